The van der Waals surface area contributed by atoms with Crippen LogP contribution in [0.25, 0.3) is 11.0 Å². The van der Waals surface area contributed by atoms with Crippen molar-refractivity contribution in [3.05, 3.63) is 68.9 Å². The molecule has 1 N–H and O–H groups in total. The first kappa shape index (κ1) is 27.7. The monoisotopic (exact) mass is 546 g/mol. The number of benzene rings is 1. The number of ether oxygens (including phenoxy) is 2. The highest BCUT2D eigenvalue weighted by atomic mass is 32.2. The number of methoxy groups -OCH3 is 2. The summed E-state index contributed by atoms with van der Waals surface area (Å²) in [4.78, 5) is 30.4. The molecular weight excluding hydrogens is 515 g/mol. The minimum Gasteiger partial charge on any atom is -0.493 e. The molecule has 1 saturated heterocycles. The zero-order valence-corrected chi connectivity index (χ0v) is 22.4. The molecule has 0 bridgehead atoms. The molecule has 204 valence electrons. The van der Waals surface area contributed by atoms with Crippen molar-refractivity contribution in [1.82, 2.24) is 19.2 Å². The van der Waals surface area contributed by atoms with Crippen LogP contribution in [0, 0.1) is 5.82 Å². The lowest BCUT2D eigenvalue weighted by Crippen LogP contribution is -2.37. The number of pyridine rings is 2. The van der Waals surface area contributed by atoms with Crippen molar-refractivity contribution >= 4 is 27.0 Å². The topological polar surface area (TPSA) is 120 Å². The minimum absolute atomic E-state index is 0.0716. The molecule has 38 heavy (non-hydrogen) atoms. The summed E-state index contributed by atoms with van der Waals surface area (Å²) in [7, 11) is 1.04. The first-order valence-corrected chi connectivity index (χ1v) is 13.8. The summed E-state index contributed by atoms with van der Waals surface area (Å²) in [6.45, 7) is 1.01. The molecule has 1 fully saturated rings. The van der Waals surface area contributed by atoms with Gasteiger partial charge >= 0.3 is 0 Å². The number of hydrogen-bond acceptors (Lipinski definition) is 7. The summed E-state index contributed by atoms with van der Waals surface area (Å²) < 4.78 is 52.3. The number of fused-ring (bicyclic) bond motifs is 1. The Bertz CT molecular complexity index is 1520. The Morgan fingerprint density at radius 1 is 1.18 bits per heavy atom. The van der Waals surface area contributed by atoms with Crippen LogP contribution in [0.1, 0.15) is 39.9 Å². The van der Waals surface area contributed by atoms with Gasteiger partial charge in [-0.15, -0.1) is 0 Å². The predicted octanol–water partition coefficient (Wildman–Crippen LogP) is 1.97. The van der Waals surface area contributed by atoms with Gasteiger partial charge in [-0.3, -0.25) is 14.6 Å². The van der Waals surface area contributed by atoms with Crippen molar-refractivity contribution in [3.8, 4) is 5.75 Å². The Morgan fingerprint density at radius 2 is 1.97 bits per heavy atom. The fourth-order valence-corrected chi connectivity index (χ4v) is 6.18. The van der Waals surface area contributed by atoms with E-state index in [1.807, 2.05) is 0 Å². The smallest absolute Gasteiger partial charge is 0.267 e. The molecule has 12 heteroatoms. The number of hydrogen-bond donors (Lipinski definition) is 1. The maximum Gasteiger partial charge on any atom is 0.267 e. The average Bonchev–Trinajstić information content (AvgIpc) is 2.89. The summed E-state index contributed by atoms with van der Waals surface area (Å²) in [6.07, 6.45) is 3.33. The number of aromatic nitrogens is 2. The summed E-state index contributed by atoms with van der Waals surface area (Å²) in [5.74, 6) is -0.870. The highest BCUT2D eigenvalue weighted by Gasteiger charge is 2.27. The Labute approximate surface area is 220 Å². The van der Waals surface area contributed by atoms with Gasteiger partial charge in [0.15, 0.2) is 5.75 Å². The van der Waals surface area contributed by atoms with Gasteiger partial charge in [-0.25, -0.2) is 12.8 Å². The number of nitrogens with zero attached hydrogens (tertiary/aromatic N) is 3. The predicted molar refractivity (Wildman–Crippen MR) is 140 cm³/mol. The quantitative estimate of drug-likeness (QED) is 0.408. The van der Waals surface area contributed by atoms with E-state index in [0.29, 0.717) is 42.6 Å². The van der Waals surface area contributed by atoms with E-state index in [4.69, 9.17) is 9.47 Å². The molecule has 4 rings (SSSR count). The number of carbonyl (C=O) groups excluding carboxylic acids is 1. The van der Waals surface area contributed by atoms with Gasteiger partial charge in [0.05, 0.1) is 25.0 Å². The third-order valence-electron chi connectivity index (χ3n) is 6.63. The largest absolute Gasteiger partial charge is 0.493 e. The lowest BCUT2D eigenvalue weighted by Gasteiger charge is -2.27. The van der Waals surface area contributed by atoms with Crippen LogP contribution < -0.4 is 15.6 Å². The Balaban J connectivity index is 1.70. The van der Waals surface area contributed by atoms with Crippen LogP contribution in [-0.4, -0.2) is 67.9 Å². The number of amides is 1. The Hall–Kier alpha value is -3.35. The van der Waals surface area contributed by atoms with Crippen LogP contribution in [0.4, 0.5) is 4.39 Å². The van der Waals surface area contributed by atoms with Crippen molar-refractivity contribution in [2.24, 2.45) is 7.05 Å². The fraction of sp³-hybridized carbons (Fsp3) is 0.423. The molecule has 0 unspecified atom stereocenters. The maximum absolute atomic E-state index is 14.2. The molecule has 1 aromatic carbocycles. The normalized spacial score (nSPS) is 15.5. The number of aryl methyl sites for hydroxylation is 1. The number of sulfonamides is 1. The molecule has 1 amide bonds. The molecule has 0 spiro atoms. The standard InChI is InChI=1S/C26H31FN4O6S/c1-30-21-13-17(15-29-23(21)24(37-3)22(26(30)33)25(32)28-8-10-36-2)12-18-6-7-20(27)14-19(18)16-31-9-4-5-11-38(31,34)35/h6-7,13-15H,4-5,8-12,16H2,1-3H3,(H,28,32). The molecule has 1 aliphatic heterocycles. The molecule has 0 saturated carbocycles. The molecule has 2 aromatic heterocycles. The van der Waals surface area contributed by atoms with Crippen molar-refractivity contribution < 1.29 is 27.1 Å². The van der Waals surface area contributed by atoms with E-state index < -0.39 is 27.3 Å². The molecule has 3 aromatic rings. The molecule has 1 aliphatic rings. The summed E-state index contributed by atoms with van der Waals surface area (Å²) in [6, 6.07) is 6.11. The second-order valence-corrected chi connectivity index (χ2v) is 11.3. The summed E-state index contributed by atoms with van der Waals surface area (Å²) in [5.41, 5.74) is 2.16. The van der Waals surface area contributed by atoms with Gasteiger partial charge in [-0.1, -0.05) is 6.07 Å². The third kappa shape index (κ3) is 5.71. The van der Waals surface area contributed by atoms with Crippen LogP contribution >= 0.6 is 0 Å². The number of halogens is 1. The van der Waals surface area contributed by atoms with E-state index >= 15 is 0 Å². The zero-order valence-electron chi connectivity index (χ0n) is 21.6. The maximum atomic E-state index is 14.2. The van der Waals surface area contributed by atoms with E-state index in [9.17, 15) is 22.4 Å². The SMILES string of the molecule is COCCNC(=O)c1c(OC)c2ncc(Cc3ccc(F)cc3CN3CCCCS3(=O)=O)cc2n(C)c1=O. The van der Waals surface area contributed by atoms with E-state index in [0.717, 1.165) is 17.5 Å². The van der Waals surface area contributed by atoms with Gasteiger partial charge in [0, 0.05) is 40.0 Å². The van der Waals surface area contributed by atoms with Crippen molar-refractivity contribution in [3.63, 3.8) is 0 Å². The first-order valence-electron chi connectivity index (χ1n) is 12.2. The van der Waals surface area contributed by atoms with Crippen molar-refractivity contribution in [1.29, 1.82) is 0 Å². The third-order valence-corrected chi connectivity index (χ3v) is 8.53. The number of rotatable bonds is 9. The van der Waals surface area contributed by atoms with Gasteiger partial charge in [-0.05, 0) is 54.2 Å². The first-order chi connectivity index (χ1) is 18.2. The molecule has 0 atom stereocenters. The summed E-state index contributed by atoms with van der Waals surface area (Å²) in [5, 5.41) is 2.64. The lowest BCUT2D eigenvalue weighted by molar-refractivity contribution is 0.0932. The van der Waals surface area contributed by atoms with E-state index in [-0.39, 0.29) is 30.2 Å². The fourth-order valence-electron chi connectivity index (χ4n) is 4.61. The van der Waals surface area contributed by atoms with Crippen molar-refractivity contribution in [2.45, 2.75) is 25.8 Å². The van der Waals surface area contributed by atoms with E-state index in [2.05, 4.69) is 10.3 Å². The van der Waals surface area contributed by atoms with Crippen LogP contribution in [0.2, 0.25) is 0 Å². The lowest BCUT2D eigenvalue weighted by atomic mass is 9.99. The van der Waals surface area contributed by atoms with Crippen LogP contribution in [0.15, 0.2) is 35.3 Å². The Kier molecular flexibility index (Phi) is 8.44. The second kappa shape index (κ2) is 11.6. The van der Waals surface area contributed by atoms with Gasteiger partial charge < -0.3 is 19.4 Å². The van der Waals surface area contributed by atoms with Crippen molar-refractivity contribution in [2.75, 3.05) is 39.7 Å². The second-order valence-electron chi connectivity index (χ2n) is 9.18. The zero-order chi connectivity index (χ0) is 27.4. The molecule has 10 nitrogen and oxygen atoms in total. The van der Waals surface area contributed by atoms with E-state index in [1.54, 1.807) is 25.4 Å². The highest BCUT2D eigenvalue weighted by Crippen LogP contribution is 2.28. The minimum atomic E-state index is -3.38. The summed E-state index contributed by atoms with van der Waals surface area (Å²) >= 11 is 0. The van der Waals surface area contributed by atoms with Gasteiger partial charge in [0.1, 0.15) is 16.9 Å². The average molecular weight is 547 g/mol. The van der Waals surface area contributed by atoms with Gasteiger partial charge in [0.2, 0.25) is 10.0 Å². The van der Waals surface area contributed by atoms with Gasteiger partial charge in [0.25, 0.3) is 11.5 Å². The molecular formula is C26H31FN4O6S. The molecule has 0 radical (unpaired) electrons. The Morgan fingerprint density at radius 3 is 2.68 bits per heavy atom. The van der Waals surface area contributed by atoms with Crippen LogP contribution in [0.5, 0.6) is 5.75 Å². The van der Waals surface area contributed by atoms with Gasteiger partial charge in [-0.2, -0.15) is 4.31 Å². The molecule has 3 heterocycles. The number of nitrogens with one attached hydrogen (secondary N) is 1. The van der Waals surface area contributed by atoms with Crippen LogP contribution in [-0.2, 0) is 34.8 Å². The van der Waals surface area contributed by atoms with Crippen LogP contribution in [0.3, 0.4) is 0 Å². The highest BCUT2D eigenvalue weighted by molar-refractivity contribution is 7.89. The van der Waals surface area contributed by atoms with E-state index in [1.165, 1.54) is 35.2 Å². The number of carbonyl (C=O) groups is 1. The molecule has 0 aliphatic carbocycles.